The number of rotatable bonds is 1. The second-order valence-electron chi connectivity index (χ2n) is 3.76. The second-order valence-corrected chi connectivity index (χ2v) is 3.76. The monoisotopic (exact) mass is 168 g/mol. The standard InChI is InChI=1S/C9H16N2O/c12-9-2-1-5-11(7-9)8-3-4-10-6-8/h8,10H,1-7H2. The predicted molar refractivity (Wildman–Crippen MR) is 47.1 cm³/mol. The first-order valence-electron chi connectivity index (χ1n) is 4.83. The van der Waals surface area contributed by atoms with Crippen molar-refractivity contribution in [2.24, 2.45) is 0 Å². The molecule has 0 bridgehead atoms. The number of likely N-dealkylation sites (tertiary alicyclic amines) is 1. The Kier molecular flexibility index (Phi) is 2.42. The van der Waals surface area contributed by atoms with Gasteiger partial charge in [-0.1, -0.05) is 0 Å². The van der Waals surface area contributed by atoms with Crippen LogP contribution >= 0.6 is 0 Å². The summed E-state index contributed by atoms with van der Waals surface area (Å²) in [7, 11) is 0. The maximum atomic E-state index is 11.2. The van der Waals surface area contributed by atoms with Crippen molar-refractivity contribution < 1.29 is 4.79 Å². The fraction of sp³-hybridized carbons (Fsp3) is 0.889. The van der Waals surface area contributed by atoms with E-state index in [1.165, 1.54) is 6.42 Å². The van der Waals surface area contributed by atoms with E-state index in [1.54, 1.807) is 0 Å². The molecule has 0 aliphatic carbocycles. The number of piperidine rings is 1. The highest BCUT2D eigenvalue weighted by Gasteiger charge is 2.26. The van der Waals surface area contributed by atoms with Crippen molar-refractivity contribution in [2.45, 2.75) is 25.3 Å². The molecular formula is C9H16N2O. The van der Waals surface area contributed by atoms with Crippen molar-refractivity contribution in [2.75, 3.05) is 26.2 Å². The third-order valence-electron chi connectivity index (χ3n) is 2.83. The molecule has 0 aromatic heterocycles. The van der Waals surface area contributed by atoms with Crippen LogP contribution in [0.5, 0.6) is 0 Å². The Balaban J connectivity index is 1.89. The zero-order valence-electron chi connectivity index (χ0n) is 7.38. The molecule has 1 unspecified atom stereocenters. The normalized spacial score (nSPS) is 32.7. The molecule has 68 valence electrons. The van der Waals surface area contributed by atoms with Gasteiger partial charge in [-0.15, -0.1) is 0 Å². The third-order valence-corrected chi connectivity index (χ3v) is 2.83. The molecule has 0 aromatic rings. The van der Waals surface area contributed by atoms with Gasteiger partial charge in [-0.05, 0) is 25.9 Å². The molecule has 2 aliphatic heterocycles. The summed E-state index contributed by atoms with van der Waals surface area (Å²) < 4.78 is 0. The van der Waals surface area contributed by atoms with Gasteiger partial charge in [0.2, 0.25) is 0 Å². The Morgan fingerprint density at radius 1 is 1.50 bits per heavy atom. The minimum Gasteiger partial charge on any atom is -0.315 e. The SMILES string of the molecule is O=C1CCCN(C2CCNC2)C1. The van der Waals surface area contributed by atoms with Crippen LogP contribution in [-0.4, -0.2) is 42.9 Å². The average molecular weight is 168 g/mol. The van der Waals surface area contributed by atoms with Gasteiger partial charge in [0.05, 0.1) is 6.54 Å². The zero-order chi connectivity index (χ0) is 8.39. The quantitative estimate of drug-likeness (QED) is 0.599. The van der Waals surface area contributed by atoms with Crippen LogP contribution in [0.3, 0.4) is 0 Å². The highest BCUT2D eigenvalue weighted by molar-refractivity contribution is 5.81. The molecule has 1 atom stereocenters. The summed E-state index contributed by atoms with van der Waals surface area (Å²) in [6, 6.07) is 0.634. The Morgan fingerprint density at radius 3 is 3.08 bits per heavy atom. The van der Waals surface area contributed by atoms with Crippen molar-refractivity contribution in [3.63, 3.8) is 0 Å². The van der Waals surface area contributed by atoms with E-state index >= 15 is 0 Å². The van der Waals surface area contributed by atoms with Crippen molar-refractivity contribution in [1.82, 2.24) is 10.2 Å². The lowest BCUT2D eigenvalue weighted by atomic mass is 10.1. The predicted octanol–water partition coefficient (Wildman–Crippen LogP) is 0.0132. The zero-order valence-corrected chi connectivity index (χ0v) is 7.38. The fourth-order valence-electron chi connectivity index (χ4n) is 2.13. The molecule has 2 heterocycles. The van der Waals surface area contributed by atoms with E-state index in [1.807, 2.05) is 0 Å². The molecule has 1 N–H and O–H groups in total. The summed E-state index contributed by atoms with van der Waals surface area (Å²) >= 11 is 0. The summed E-state index contributed by atoms with van der Waals surface area (Å²) in [5.41, 5.74) is 0. The van der Waals surface area contributed by atoms with Crippen LogP contribution in [0.25, 0.3) is 0 Å². The van der Waals surface area contributed by atoms with Crippen LogP contribution in [0, 0.1) is 0 Å². The third kappa shape index (κ3) is 1.67. The van der Waals surface area contributed by atoms with Crippen LogP contribution in [0.4, 0.5) is 0 Å². The number of hydrogen-bond acceptors (Lipinski definition) is 3. The number of hydrogen-bond donors (Lipinski definition) is 1. The van der Waals surface area contributed by atoms with Crippen molar-refractivity contribution in [3.8, 4) is 0 Å². The van der Waals surface area contributed by atoms with Gasteiger partial charge in [0.1, 0.15) is 5.78 Å². The van der Waals surface area contributed by atoms with E-state index in [9.17, 15) is 4.79 Å². The highest BCUT2D eigenvalue weighted by atomic mass is 16.1. The molecule has 0 aromatic carbocycles. The van der Waals surface area contributed by atoms with Gasteiger partial charge in [-0.25, -0.2) is 0 Å². The molecule has 12 heavy (non-hydrogen) atoms. The minimum atomic E-state index is 0.424. The van der Waals surface area contributed by atoms with Crippen LogP contribution in [0.15, 0.2) is 0 Å². The summed E-state index contributed by atoms with van der Waals surface area (Å²) in [5.74, 6) is 0.424. The first-order valence-corrected chi connectivity index (χ1v) is 4.83. The number of nitrogens with zero attached hydrogens (tertiary/aromatic N) is 1. The molecular weight excluding hydrogens is 152 g/mol. The van der Waals surface area contributed by atoms with Gasteiger partial charge < -0.3 is 5.32 Å². The summed E-state index contributed by atoms with van der Waals surface area (Å²) in [5, 5.41) is 3.33. The Labute approximate surface area is 73.1 Å². The number of nitrogens with one attached hydrogen (secondary N) is 1. The lowest BCUT2D eigenvalue weighted by Gasteiger charge is -2.30. The lowest BCUT2D eigenvalue weighted by molar-refractivity contribution is -0.122. The van der Waals surface area contributed by atoms with E-state index < -0.39 is 0 Å². The van der Waals surface area contributed by atoms with Gasteiger partial charge in [0.15, 0.2) is 0 Å². The van der Waals surface area contributed by atoms with E-state index in [0.717, 1.165) is 32.5 Å². The number of ketones is 1. The van der Waals surface area contributed by atoms with Crippen molar-refractivity contribution in [1.29, 1.82) is 0 Å². The molecule has 0 amide bonds. The molecule has 2 rings (SSSR count). The number of carbonyl (C=O) groups excluding carboxylic acids is 1. The van der Waals surface area contributed by atoms with Gasteiger partial charge >= 0.3 is 0 Å². The maximum Gasteiger partial charge on any atom is 0.146 e. The summed E-state index contributed by atoms with van der Waals surface area (Å²) in [6.45, 7) is 4.02. The van der Waals surface area contributed by atoms with E-state index in [4.69, 9.17) is 0 Å². The van der Waals surface area contributed by atoms with Crippen molar-refractivity contribution in [3.05, 3.63) is 0 Å². The molecule has 0 radical (unpaired) electrons. The van der Waals surface area contributed by atoms with Crippen LogP contribution in [0.2, 0.25) is 0 Å². The molecule has 0 saturated carbocycles. The smallest absolute Gasteiger partial charge is 0.146 e. The molecule has 0 spiro atoms. The first kappa shape index (κ1) is 8.20. The maximum absolute atomic E-state index is 11.2. The summed E-state index contributed by atoms with van der Waals surface area (Å²) in [6.07, 6.45) is 3.08. The number of carbonyl (C=O) groups is 1. The molecule has 2 saturated heterocycles. The first-order chi connectivity index (χ1) is 5.86. The highest BCUT2D eigenvalue weighted by Crippen LogP contribution is 2.13. The number of Topliss-reactive ketones (excluding diaryl/α,β-unsaturated/α-hetero) is 1. The average Bonchev–Trinajstić information content (AvgIpc) is 2.56. The second kappa shape index (κ2) is 3.54. The van der Waals surface area contributed by atoms with E-state index in [-0.39, 0.29) is 0 Å². The lowest BCUT2D eigenvalue weighted by Crippen LogP contribution is -2.43. The van der Waals surface area contributed by atoms with Gasteiger partial charge in [0, 0.05) is 19.0 Å². The summed E-state index contributed by atoms with van der Waals surface area (Å²) in [4.78, 5) is 13.5. The van der Waals surface area contributed by atoms with Gasteiger partial charge in [0.25, 0.3) is 0 Å². The topological polar surface area (TPSA) is 32.3 Å². The fourth-order valence-corrected chi connectivity index (χ4v) is 2.13. The minimum absolute atomic E-state index is 0.424. The Bertz CT molecular complexity index is 175. The Hall–Kier alpha value is -0.410. The van der Waals surface area contributed by atoms with Crippen LogP contribution < -0.4 is 5.32 Å². The molecule has 2 aliphatic rings. The van der Waals surface area contributed by atoms with Crippen LogP contribution in [-0.2, 0) is 4.79 Å². The Morgan fingerprint density at radius 2 is 2.42 bits per heavy atom. The van der Waals surface area contributed by atoms with E-state index in [0.29, 0.717) is 18.4 Å². The van der Waals surface area contributed by atoms with Gasteiger partial charge in [-0.3, -0.25) is 9.69 Å². The molecule has 2 fully saturated rings. The van der Waals surface area contributed by atoms with E-state index in [2.05, 4.69) is 10.2 Å². The molecule has 3 heteroatoms. The van der Waals surface area contributed by atoms with Gasteiger partial charge in [-0.2, -0.15) is 0 Å². The van der Waals surface area contributed by atoms with Crippen LogP contribution in [0.1, 0.15) is 19.3 Å². The van der Waals surface area contributed by atoms with Crippen molar-refractivity contribution >= 4 is 5.78 Å². The largest absolute Gasteiger partial charge is 0.315 e. The molecule has 3 nitrogen and oxygen atoms in total.